The summed E-state index contributed by atoms with van der Waals surface area (Å²) in [6, 6.07) is 6.37. The number of nitrogens with zero attached hydrogens (tertiary/aromatic N) is 2. The number of benzene rings is 1. The lowest BCUT2D eigenvalue weighted by Crippen LogP contribution is -2.10. The molecule has 0 aliphatic rings. The topological polar surface area (TPSA) is 73.1 Å². The number of nitro benzene ring substituents is 1. The number of hydrogen-bond donors (Lipinski definition) is 0. The molecule has 0 bridgehead atoms. The number of carbonyl (C=O) groups is 1. The summed E-state index contributed by atoms with van der Waals surface area (Å²) in [7, 11) is 0. The number of Topliss-reactive ketones (excluding diaryl/α,β-unsaturated/α-hetero) is 1. The van der Waals surface area contributed by atoms with E-state index >= 15 is 0 Å². The van der Waals surface area contributed by atoms with Crippen molar-refractivity contribution in [2.24, 2.45) is 5.92 Å². The van der Waals surface area contributed by atoms with Gasteiger partial charge in [0.25, 0.3) is 5.69 Å². The van der Waals surface area contributed by atoms with Gasteiger partial charge in [0.05, 0.1) is 15.8 Å². The molecule has 0 saturated carbocycles. The zero-order chi connectivity index (χ0) is 14.0. The standard InChI is InChI=1S/C14H14N2O3/c1-9(2)13(17)8-10-5-6-12(16(18)19)11-4-3-7-15-14(10)11/h3-7,9H,8H2,1-2H3. The summed E-state index contributed by atoms with van der Waals surface area (Å²) in [5.41, 5.74) is 1.29. The van der Waals surface area contributed by atoms with Crippen LogP contribution < -0.4 is 0 Å². The normalized spacial score (nSPS) is 10.9. The molecule has 98 valence electrons. The van der Waals surface area contributed by atoms with Gasteiger partial charge in [0.15, 0.2) is 0 Å². The van der Waals surface area contributed by atoms with Crippen molar-refractivity contribution >= 4 is 22.4 Å². The first-order valence-electron chi connectivity index (χ1n) is 6.04. The largest absolute Gasteiger partial charge is 0.299 e. The van der Waals surface area contributed by atoms with Gasteiger partial charge < -0.3 is 0 Å². The number of ketones is 1. The summed E-state index contributed by atoms with van der Waals surface area (Å²) in [5.74, 6) is 0.0368. The van der Waals surface area contributed by atoms with Gasteiger partial charge in [-0.1, -0.05) is 13.8 Å². The summed E-state index contributed by atoms with van der Waals surface area (Å²) in [5, 5.41) is 11.4. The van der Waals surface area contributed by atoms with Gasteiger partial charge in [-0.05, 0) is 23.8 Å². The van der Waals surface area contributed by atoms with Crippen LogP contribution in [0.3, 0.4) is 0 Å². The van der Waals surface area contributed by atoms with Crippen LogP contribution in [0.4, 0.5) is 5.69 Å². The van der Waals surface area contributed by atoms with Crippen LogP contribution in [-0.4, -0.2) is 15.7 Å². The van der Waals surface area contributed by atoms with Crippen LogP contribution in [-0.2, 0) is 11.2 Å². The Kier molecular flexibility index (Phi) is 3.55. The Hall–Kier alpha value is -2.30. The number of pyridine rings is 1. The van der Waals surface area contributed by atoms with Crippen LogP contribution in [0.25, 0.3) is 10.9 Å². The maximum Gasteiger partial charge on any atom is 0.278 e. The molecule has 19 heavy (non-hydrogen) atoms. The van der Waals surface area contributed by atoms with Crippen LogP contribution in [0.1, 0.15) is 19.4 Å². The number of nitro groups is 1. The van der Waals surface area contributed by atoms with E-state index in [1.165, 1.54) is 6.07 Å². The third-order valence-corrected chi connectivity index (χ3v) is 3.04. The number of rotatable bonds is 4. The maximum atomic E-state index is 11.8. The first-order valence-corrected chi connectivity index (χ1v) is 6.04. The van der Waals surface area contributed by atoms with Crippen LogP contribution >= 0.6 is 0 Å². The number of carbonyl (C=O) groups excluding carboxylic acids is 1. The first-order chi connectivity index (χ1) is 9.00. The van der Waals surface area contributed by atoms with E-state index in [-0.39, 0.29) is 23.8 Å². The zero-order valence-electron chi connectivity index (χ0n) is 10.8. The molecule has 1 aromatic heterocycles. The Morgan fingerprint density at radius 2 is 2.11 bits per heavy atom. The predicted molar refractivity (Wildman–Crippen MR) is 71.9 cm³/mol. The Labute approximate surface area is 110 Å². The molecule has 0 spiro atoms. The Balaban J connectivity index is 2.56. The maximum absolute atomic E-state index is 11.8. The van der Waals surface area contributed by atoms with Crippen molar-refractivity contribution in [2.45, 2.75) is 20.3 Å². The van der Waals surface area contributed by atoms with Gasteiger partial charge in [0, 0.05) is 24.6 Å². The van der Waals surface area contributed by atoms with E-state index in [1.807, 2.05) is 13.8 Å². The molecule has 2 aromatic rings. The van der Waals surface area contributed by atoms with Crippen molar-refractivity contribution in [3.05, 3.63) is 46.1 Å². The predicted octanol–water partition coefficient (Wildman–Crippen LogP) is 2.91. The number of non-ortho nitro benzene ring substituents is 1. The average Bonchev–Trinajstić information content (AvgIpc) is 2.38. The lowest BCUT2D eigenvalue weighted by Gasteiger charge is -2.07. The van der Waals surface area contributed by atoms with Crippen LogP contribution in [0, 0.1) is 16.0 Å². The van der Waals surface area contributed by atoms with Gasteiger partial charge in [-0.25, -0.2) is 0 Å². The second-order valence-corrected chi connectivity index (χ2v) is 4.70. The highest BCUT2D eigenvalue weighted by Gasteiger charge is 2.17. The smallest absolute Gasteiger partial charge is 0.278 e. The molecular weight excluding hydrogens is 244 g/mol. The van der Waals surface area contributed by atoms with Gasteiger partial charge in [0.1, 0.15) is 5.78 Å². The number of hydrogen-bond acceptors (Lipinski definition) is 4. The fourth-order valence-electron chi connectivity index (χ4n) is 1.91. The third-order valence-electron chi connectivity index (χ3n) is 3.04. The van der Waals surface area contributed by atoms with Crippen molar-refractivity contribution in [1.29, 1.82) is 0 Å². The monoisotopic (exact) mass is 258 g/mol. The molecular formula is C14H14N2O3. The second kappa shape index (κ2) is 5.14. The highest BCUT2D eigenvalue weighted by Crippen LogP contribution is 2.27. The minimum absolute atomic E-state index is 0.0174. The van der Waals surface area contributed by atoms with E-state index in [2.05, 4.69) is 4.98 Å². The molecule has 0 aliphatic carbocycles. The molecule has 0 saturated heterocycles. The van der Waals surface area contributed by atoms with Crippen molar-refractivity contribution in [3.63, 3.8) is 0 Å². The van der Waals surface area contributed by atoms with Gasteiger partial charge in [-0.15, -0.1) is 0 Å². The molecule has 0 amide bonds. The fraction of sp³-hybridized carbons (Fsp3) is 0.286. The van der Waals surface area contributed by atoms with Crippen LogP contribution in [0.5, 0.6) is 0 Å². The quantitative estimate of drug-likeness (QED) is 0.624. The van der Waals surface area contributed by atoms with Crippen molar-refractivity contribution in [3.8, 4) is 0 Å². The Morgan fingerprint density at radius 3 is 2.74 bits per heavy atom. The number of aromatic nitrogens is 1. The van der Waals surface area contributed by atoms with Crippen LogP contribution in [0.2, 0.25) is 0 Å². The molecule has 0 aliphatic heterocycles. The Morgan fingerprint density at radius 1 is 1.37 bits per heavy atom. The molecule has 1 heterocycles. The van der Waals surface area contributed by atoms with E-state index in [0.717, 1.165) is 5.56 Å². The minimum atomic E-state index is -0.432. The Bertz CT molecular complexity index is 650. The molecule has 5 nitrogen and oxygen atoms in total. The molecule has 0 radical (unpaired) electrons. The highest BCUT2D eigenvalue weighted by atomic mass is 16.6. The summed E-state index contributed by atoms with van der Waals surface area (Å²) in [6.07, 6.45) is 1.83. The van der Waals surface area contributed by atoms with Gasteiger partial charge in [-0.3, -0.25) is 19.9 Å². The first kappa shape index (κ1) is 13.1. The molecule has 0 N–H and O–H groups in total. The molecule has 0 atom stereocenters. The minimum Gasteiger partial charge on any atom is -0.299 e. The van der Waals surface area contributed by atoms with Gasteiger partial charge in [0.2, 0.25) is 0 Å². The third kappa shape index (κ3) is 2.59. The lowest BCUT2D eigenvalue weighted by atomic mass is 9.98. The second-order valence-electron chi connectivity index (χ2n) is 4.70. The van der Waals surface area contributed by atoms with E-state index in [9.17, 15) is 14.9 Å². The number of fused-ring (bicyclic) bond motifs is 1. The molecule has 2 rings (SSSR count). The molecule has 0 fully saturated rings. The molecule has 5 heteroatoms. The lowest BCUT2D eigenvalue weighted by molar-refractivity contribution is -0.383. The van der Waals surface area contributed by atoms with E-state index in [1.54, 1.807) is 24.4 Å². The summed E-state index contributed by atoms with van der Waals surface area (Å²) >= 11 is 0. The summed E-state index contributed by atoms with van der Waals surface area (Å²) < 4.78 is 0. The van der Waals surface area contributed by atoms with E-state index < -0.39 is 4.92 Å². The molecule has 0 unspecified atom stereocenters. The van der Waals surface area contributed by atoms with Gasteiger partial charge >= 0.3 is 0 Å². The summed E-state index contributed by atoms with van der Waals surface area (Å²) in [6.45, 7) is 3.67. The highest BCUT2D eigenvalue weighted by molar-refractivity contribution is 5.93. The van der Waals surface area contributed by atoms with Crippen molar-refractivity contribution < 1.29 is 9.72 Å². The molecule has 1 aromatic carbocycles. The van der Waals surface area contributed by atoms with E-state index in [0.29, 0.717) is 10.9 Å². The van der Waals surface area contributed by atoms with Gasteiger partial charge in [-0.2, -0.15) is 0 Å². The average molecular weight is 258 g/mol. The fourth-order valence-corrected chi connectivity index (χ4v) is 1.91. The van der Waals surface area contributed by atoms with Crippen LogP contribution in [0.15, 0.2) is 30.5 Å². The summed E-state index contributed by atoms with van der Waals surface area (Å²) in [4.78, 5) is 26.5. The SMILES string of the molecule is CC(C)C(=O)Cc1ccc([N+](=O)[O-])c2cccnc12. The zero-order valence-corrected chi connectivity index (χ0v) is 10.8. The van der Waals surface area contributed by atoms with E-state index in [4.69, 9.17) is 0 Å². The van der Waals surface area contributed by atoms with Crippen molar-refractivity contribution in [2.75, 3.05) is 0 Å². The van der Waals surface area contributed by atoms with Crippen molar-refractivity contribution in [1.82, 2.24) is 4.98 Å².